The first-order chi connectivity index (χ1) is 6.74. The lowest BCUT2D eigenvalue weighted by molar-refractivity contribution is -0.137. The van der Waals surface area contributed by atoms with E-state index in [2.05, 4.69) is 25.2 Å². The molecule has 2 nitrogen and oxygen atoms in total. The summed E-state index contributed by atoms with van der Waals surface area (Å²) in [5, 5.41) is 8.72. The van der Waals surface area contributed by atoms with E-state index in [1.807, 2.05) is 0 Å². The average Bonchev–Trinajstić information content (AvgIpc) is 2.52. The van der Waals surface area contributed by atoms with Crippen molar-refractivity contribution in [2.24, 2.45) is 5.92 Å². The van der Waals surface area contributed by atoms with Gasteiger partial charge in [-0.1, -0.05) is 30.7 Å². The molecule has 0 aromatic heterocycles. The molecule has 1 rings (SSSR count). The maximum absolute atomic E-state index is 10.6. The van der Waals surface area contributed by atoms with Crippen LogP contribution in [0.2, 0.25) is 0 Å². The monoisotopic (exact) mass is 194 g/mol. The van der Waals surface area contributed by atoms with Crippen molar-refractivity contribution >= 4 is 5.97 Å². The van der Waals surface area contributed by atoms with E-state index in [-0.39, 0.29) is 5.92 Å². The molecule has 0 fully saturated rings. The lowest BCUT2D eigenvalue weighted by atomic mass is 9.95. The maximum atomic E-state index is 10.6. The van der Waals surface area contributed by atoms with E-state index < -0.39 is 5.97 Å². The molecule has 78 valence electrons. The summed E-state index contributed by atoms with van der Waals surface area (Å²) >= 11 is 0. The molecular formula is C12H18O2. The summed E-state index contributed by atoms with van der Waals surface area (Å²) in [7, 11) is 0. The van der Waals surface area contributed by atoms with Gasteiger partial charge < -0.3 is 5.11 Å². The van der Waals surface area contributed by atoms with E-state index >= 15 is 0 Å². The quantitative estimate of drug-likeness (QED) is 0.682. The zero-order chi connectivity index (χ0) is 10.4. The van der Waals surface area contributed by atoms with Gasteiger partial charge in [-0.2, -0.15) is 0 Å². The first-order valence-electron chi connectivity index (χ1n) is 5.29. The van der Waals surface area contributed by atoms with Gasteiger partial charge in [-0.15, -0.1) is 0 Å². The van der Waals surface area contributed by atoms with Crippen LogP contribution in [0.4, 0.5) is 0 Å². The smallest absolute Gasteiger partial charge is 0.303 e. The highest BCUT2D eigenvalue weighted by Gasteiger charge is 2.20. The average molecular weight is 194 g/mol. The molecule has 0 aromatic rings. The summed E-state index contributed by atoms with van der Waals surface area (Å²) in [4.78, 5) is 10.6. The topological polar surface area (TPSA) is 37.3 Å². The maximum Gasteiger partial charge on any atom is 0.303 e. The van der Waals surface area contributed by atoms with Crippen molar-refractivity contribution in [3.63, 3.8) is 0 Å². The van der Waals surface area contributed by atoms with Crippen LogP contribution in [0.5, 0.6) is 0 Å². The zero-order valence-electron chi connectivity index (χ0n) is 8.70. The first kappa shape index (κ1) is 11.0. The molecule has 0 radical (unpaired) electrons. The van der Waals surface area contributed by atoms with Crippen molar-refractivity contribution < 1.29 is 9.90 Å². The fourth-order valence-corrected chi connectivity index (χ4v) is 1.90. The van der Waals surface area contributed by atoms with Gasteiger partial charge in [0.1, 0.15) is 0 Å². The Labute approximate surface area is 85.3 Å². The summed E-state index contributed by atoms with van der Waals surface area (Å²) in [6.07, 6.45) is 10.8. The van der Waals surface area contributed by atoms with Crippen LogP contribution in [-0.2, 0) is 4.79 Å². The van der Waals surface area contributed by atoms with Gasteiger partial charge >= 0.3 is 5.97 Å². The lowest BCUT2D eigenvalue weighted by Crippen LogP contribution is -2.06. The Hall–Kier alpha value is -1.05. The van der Waals surface area contributed by atoms with Crippen LogP contribution in [-0.4, -0.2) is 11.1 Å². The van der Waals surface area contributed by atoms with Gasteiger partial charge in [-0.3, -0.25) is 4.79 Å². The molecular weight excluding hydrogens is 176 g/mol. The van der Waals surface area contributed by atoms with Gasteiger partial charge in [-0.05, 0) is 31.6 Å². The Morgan fingerprint density at radius 2 is 2.43 bits per heavy atom. The predicted octanol–water partition coefficient (Wildman–Crippen LogP) is 3.15. The second-order valence-corrected chi connectivity index (χ2v) is 3.73. The van der Waals surface area contributed by atoms with E-state index in [1.54, 1.807) is 0 Å². The molecule has 2 heteroatoms. The number of allylic oxidation sites excluding steroid dienone is 4. The van der Waals surface area contributed by atoms with E-state index in [0.29, 0.717) is 6.42 Å². The number of rotatable bonds is 5. The van der Waals surface area contributed by atoms with Gasteiger partial charge in [0.2, 0.25) is 0 Å². The molecule has 0 aromatic carbocycles. The number of hydrogen-bond donors (Lipinski definition) is 1. The number of carboxylic acids is 1. The SMILES string of the molecule is CC/C=C\CC1=CCC[C@@H]1CC(=O)O. The van der Waals surface area contributed by atoms with E-state index in [9.17, 15) is 4.79 Å². The molecule has 1 aliphatic rings. The van der Waals surface area contributed by atoms with E-state index in [4.69, 9.17) is 5.11 Å². The standard InChI is InChI=1S/C12H18O2/c1-2-3-4-6-10-7-5-8-11(10)9-12(13)14/h3-4,7,11H,2,5-6,8-9H2,1H3,(H,13,14)/b4-3-/t11-/m1/s1. The Kier molecular flexibility index (Phi) is 4.44. The summed E-state index contributed by atoms with van der Waals surface area (Å²) in [6, 6.07) is 0. The van der Waals surface area contributed by atoms with Crippen LogP contribution >= 0.6 is 0 Å². The normalized spacial score (nSPS) is 21.5. The first-order valence-corrected chi connectivity index (χ1v) is 5.29. The van der Waals surface area contributed by atoms with Crippen LogP contribution in [0.15, 0.2) is 23.8 Å². The zero-order valence-corrected chi connectivity index (χ0v) is 8.70. The minimum atomic E-state index is -0.678. The predicted molar refractivity (Wildman–Crippen MR) is 57.1 cm³/mol. The molecule has 1 atom stereocenters. The number of hydrogen-bond acceptors (Lipinski definition) is 1. The van der Waals surface area contributed by atoms with Crippen molar-refractivity contribution in [3.8, 4) is 0 Å². The fraction of sp³-hybridized carbons (Fsp3) is 0.583. The molecule has 14 heavy (non-hydrogen) atoms. The molecule has 0 saturated carbocycles. The second kappa shape index (κ2) is 5.63. The third kappa shape index (κ3) is 3.36. The molecule has 0 unspecified atom stereocenters. The number of carbonyl (C=O) groups is 1. The summed E-state index contributed by atoms with van der Waals surface area (Å²) in [5.74, 6) is -0.392. The molecule has 1 aliphatic carbocycles. The van der Waals surface area contributed by atoms with Gasteiger partial charge in [0.25, 0.3) is 0 Å². The minimum absolute atomic E-state index is 0.286. The summed E-state index contributed by atoms with van der Waals surface area (Å²) in [6.45, 7) is 2.11. The molecule has 0 heterocycles. The third-order valence-electron chi connectivity index (χ3n) is 2.62. The Morgan fingerprint density at radius 1 is 1.64 bits per heavy atom. The second-order valence-electron chi connectivity index (χ2n) is 3.73. The van der Waals surface area contributed by atoms with Crippen LogP contribution < -0.4 is 0 Å². The summed E-state index contributed by atoms with van der Waals surface area (Å²) in [5.41, 5.74) is 1.32. The van der Waals surface area contributed by atoms with Crippen LogP contribution in [0, 0.1) is 5.92 Å². The highest BCUT2D eigenvalue weighted by molar-refractivity contribution is 5.67. The van der Waals surface area contributed by atoms with Crippen molar-refractivity contribution in [3.05, 3.63) is 23.8 Å². The van der Waals surface area contributed by atoms with E-state index in [0.717, 1.165) is 25.7 Å². The van der Waals surface area contributed by atoms with Crippen molar-refractivity contribution in [1.82, 2.24) is 0 Å². The lowest BCUT2D eigenvalue weighted by Gasteiger charge is -2.10. The van der Waals surface area contributed by atoms with Crippen molar-refractivity contribution in [2.45, 2.75) is 39.0 Å². The van der Waals surface area contributed by atoms with E-state index in [1.165, 1.54) is 5.57 Å². The third-order valence-corrected chi connectivity index (χ3v) is 2.62. The highest BCUT2D eigenvalue weighted by atomic mass is 16.4. The molecule has 0 spiro atoms. The Bertz CT molecular complexity index is 251. The summed E-state index contributed by atoms with van der Waals surface area (Å²) < 4.78 is 0. The van der Waals surface area contributed by atoms with Gasteiger partial charge in [-0.25, -0.2) is 0 Å². The van der Waals surface area contributed by atoms with Crippen LogP contribution in [0.1, 0.15) is 39.0 Å². The van der Waals surface area contributed by atoms with Gasteiger partial charge in [0.05, 0.1) is 6.42 Å². The van der Waals surface area contributed by atoms with Crippen LogP contribution in [0.25, 0.3) is 0 Å². The molecule has 0 aliphatic heterocycles. The fourth-order valence-electron chi connectivity index (χ4n) is 1.90. The largest absolute Gasteiger partial charge is 0.481 e. The molecule has 0 saturated heterocycles. The Morgan fingerprint density at radius 3 is 3.07 bits per heavy atom. The Balaban J connectivity index is 2.42. The molecule has 1 N–H and O–H groups in total. The van der Waals surface area contributed by atoms with Gasteiger partial charge in [0, 0.05) is 0 Å². The molecule has 0 amide bonds. The van der Waals surface area contributed by atoms with Crippen molar-refractivity contribution in [2.75, 3.05) is 0 Å². The highest BCUT2D eigenvalue weighted by Crippen LogP contribution is 2.31. The minimum Gasteiger partial charge on any atom is -0.481 e. The van der Waals surface area contributed by atoms with Crippen LogP contribution in [0.3, 0.4) is 0 Å². The van der Waals surface area contributed by atoms with Gasteiger partial charge in [0.15, 0.2) is 0 Å². The molecule has 0 bridgehead atoms. The van der Waals surface area contributed by atoms with Crippen molar-refractivity contribution in [1.29, 1.82) is 0 Å². The number of aliphatic carboxylic acids is 1. The number of carboxylic acid groups (broad SMARTS) is 1.